The molecule has 0 N–H and O–H groups in total. The molecule has 1 aromatic rings. The molecule has 0 saturated heterocycles. The lowest BCUT2D eigenvalue weighted by Crippen LogP contribution is -2.13. The minimum Gasteiger partial charge on any atom is -0.337 e. The zero-order chi connectivity index (χ0) is 8.48. The van der Waals surface area contributed by atoms with Crippen molar-refractivity contribution in [3.63, 3.8) is 0 Å². The molecule has 0 bridgehead atoms. The van der Waals surface area contributed by atoms with Crippen molar-refractivity contribution < 1.29 is 13.2 Å². The topological polar surface area (TPSA) is 17.8 Å². The summed E-state index contributed by atoms with van der Waals surface area (Å²) in [5.74, 6) is 0. The molecule has 0 saturated carbocycles. The molecule has 0 spiro atoms. The van der Waals surface area contributed by atoms with E-state index in [1.54, 1.807) is 0 Å². The van der Waals surface area contributed by atoms with Gasteiger partial charge in [0.1, 0.15) is 0 Å². The van der Waals surface area contributed by atoms with Crippen LogP contribution in [0, 0.1) is 0 Å². The van der Waals surface area contributed by atoms with Gasteiger partial charge in [-0.1, -0.05) is 0 Å². The van der Waals surface area contributed by atoms with Crippen LogP contribution in [0.25, 0.3) is 0 Å². The maximum Gasteiger partial charge on any atom is 0.394 e. The lowest BCUT2D eigenvalue weighted by Gasteiger charge is -2.05. The van der Waals surface area contributed by atoms with Crippen LogP contribution in [0.1, 0.15) is 5.69 Å². The number of hydrogen-bond acceptors (Lipinski definition) is 1. The molecule has 0 aromatic carbocycles. The number of rotatable bonds is 1. The summed E-state index contributed by atoms with van der Waals surface area (Å²) < 4.78 is 36.6. The Morgan fingerprint density at radius 3 is 2.55 bits per heavy atom. The van der Waals surface area contributed by atoms with E-state index in [9.17, 15) is 13.2 Å². The first-order valence-electron chi connectivity index (χ1n) is 3.01. The van der Waals surface area contributed by atoms with E-state index in [2.05, 4.69) is 4.98 Å². The lowest BCUT2D eigenvalue weighted by molar-refractivity contribution is -0.128. The Morgan fingerprint density at radius 2 is 2.18 bits per heavy atom. The van der Waals surface area contributed by atoms with Crippen LogP contribution in [-0.4, -0.2) is 15.7 Å². The Kier molecular flexibility index (Phi) is 1.89. The highest BCUT2D eigenvalue weighted by Gasteiger charge is 2.28. The Labute approximate surface area is 61.7 Å². The minimum absolute atomic E-state index is 0.178. The second-order valence-corrected chi connectivity index (χ2v) is 2.29. The van der Waals surface area contributed by atoms with E-state index in [1.807, 2.05) is 0 Å². The van der Waals surface area contributed by atoms with Gasteiger partial charge in [0.2, 0.25) is 0 Å². The third-order valence-corrected chi connectivity index (χ3v) is 1.30. The molecule has 0 aliphatic carbocycles. The molecule has 0 unspecified atom stereocenters. The van der Waals surface area contributed by atoms with Crippen molar-refractivity contribution in [2.24, 2.45) is 7.05 Å². The van der Waals surface area contributed by atoms with Crippen molar-refractivity contribution in [2.45, 2.75) is 12.6 Å². The molecule has 2 nitrogen and oxygen atoms in total. The molecule has 0 aliphatic rings. The van der Waals surface area contributed by atoms with Crippen LogP contribution in [0.15, 0.2) is 12.5 Å². The summed E-state index contributed by atoms with van der Waals surface area (Å²) in [6.45, 7) is 0. The standard InChI is InChI=1S/C6H7F3N2/c1-11-4-10-3-5(11)2-6(7,8)9/h3-4H,2H2,1H3. The fourth-order valence-corrected chi connectivity index (χ4v) is 0.760. The van der Waals surface area contributed by atoms with Crippen molar-refractivity contribution >= 4 is 0 Å². The summed E-state index contributed by atoms with van der Waals surface area (Å²) >= 11 is 0. The van der Waals surface area contributed by atoms with Gasteiger partial charge in [0, 0.05) is 18.9 Å². The fraction of sp³-hybridized carbons (Fsp3) is 0.500. The second kappa shape index (κ2) is 2.56. The van der Waals surface area contributed by atoms with Gasteiger partial charge < -0.3 is 4.57 Å². The maximum absolute atomic E-state index is 11.8. The highest BCUT2D eigenvalue weighted by atomic mass is 19.4. The van der Waals surface area contributed by atoms with Crippen LogP contribution in [0.3, 0.4) is 0 Å². The van der Waals surface area contributed by atoms with Crippen molar-refractivity contribution in [2.75, 3.05) is 0 Å². The molecule has 1 rings (SSSR count). The molecular formula is C6H7F3N2. The Hall–Kier alpha value is -1.00. The Bertz CT molecular complexity index is 238. The predicted octanol–water partition coefficient (Wildman–Crippen LogP) is 1.52. The van der Waals surface area contributed by atoms with E-state index in [4.69, 9.17) is 0 Å². The molecule has 1 aromatic heterocycles. The average Bonchev–Trinajstić information content (AvgIpc) is 2.12. The summed E-state index contributed by atoms with van der Waals surface area (Å²) in [5, 5.41) is 0. The van der Waals surface area contributed by atoms with Gasteiger partial charge in [0.25, 0.3) is 0 Å². The first kappa shape index (κ1) is 8.10. The van der Waals surface area contributed by atoms with E-state index in [0.717, 1.165) is 0 Å². The first-order valence-corrected chi connectivity index (χ1v) is 3.01. The lowest BCUT2D eigenvalue weighted by atomic mass is 10.3. The van der Waals surface area contributed by atoms with Gasteiger partial charge in [-0.15, -0.1) is 0 Å². The highest BCUT2D eigenvalue weighted by molar-refractivity contribution is 4.99. The third kappa shape index (κ3) is 2.25. The fourth-order valence-electron chi connectivity index (χ4n) is 0.760. The van der Waals surface area contributed by atoms with Crippen LogP contribution < -0.4 is 0 Å². The van der Waals surface area contributed by atoms with Gasteiger partial charge in [-0.25, -0.2) is 4.98 Å². The number of alkyl halides is 3. The molecular weight excluding hydrogens is 157 g/mol. The summed E-state index contributed by atoms with van der Waals surface area (Å²) in [4.78, 5) is 3.57. The summed E-state index contributed by atoms with van der Waals surface area (Å²) in [5.41, 5.74) is 0.178. The predicted molar refractivity (Wildman–Crippen MR) is 33.0 cm³/mol. The molecule has 1 heterocycles. The zero-order valence-electron chi connectivity index (χ0n) is 5.89. The van der Waals surface area contributed by atoms with Gasteiger partial charge in [-0.2, -0.15) is 13.2 Å². The van der Waals surface area contributed by atoms with E-state index in [-0.39, 0.29) is 5.69 Å². The highest BCUT2D eigenvalue weighted by Crippen LogP contribution is 2.20. The number of aromatic nitrogens is 2. The average molecular weight is 164 g/mol. The van der Waals surface area contributed by atoms with E-state index < -0.39 is 12.6 Å². The Morgan fingerprint density at radius 1 is 1.55 bits per heavy atom. The monoisotopic (exact) mass is 164 g/mol. The van der Waals surface area contributed by atoms with E-state index in [0.29, 0.717) is 0 Å². The van der Waals surface area contributed by atoms with E-state index >= 15 is 0 Å². The molecule has 0 radical (unpaired) electrons. The van der Waals surface area contributed by atoms with Crippen LogP contribution in [0.5, 0.6) is 0 Å². The van der Waals surface area contributed by atoms with Crippen molar-refractivity contribution in [3.8, 4) is 0 Å². The molecule has 0 fully saturated rings. The number of imidazole rings is 1. The number of aryl methyl sites for hydroxylation is 1. The summed E-state index contributed by atoms with van der Waals surface area (Å²) in [6, 6.07) is 0. The molecule has 0 aliphatic heterocycles. The molecule has 0 atom stereocenters. The summed E-state index contributed by atoms with van der Waals surface area (Å²) in [7, 11) is 1.54. The number of hydrogen-bond donors (Lipinski definition) is 0. The van der Waals surface area contributed by atoms with Crippen LogP contribution >= 0.6 is 0 Å². The third-order valence-electron chi connectivity index (χ3n) is 1.30. The Balaban J connectivity index is 2.72. The first-order chi connectivity index (χ1) is 4.99. The van der Waals surface area contributed by atoms with Crippen LogP contribution in [0.2, 0.25) is 0 Å². The van der Waals surface area contributed by atoms with Gasteiger partial charge in [0.05, 0.1) is 12.7 Å². The SMILES string of the molecule is Cn1cncc1CC(F)(F)F. The van der Waals surface area contributed by atoms with E-state index in [1.165, 1.54) is 24.1 Å². The normalized spacial score (nSPS) is 12.0. The minimum atomic E-state index is -4.15. The van der Waals surface area contributed by atoms with Gasteiger partial charge >= 0.3 is 6.18 Å². The van der Waals surface area contributed by atoms with Gasteiger partial charge in [-0.3, -0.25) is 0 Å². The number of halogens is 3. The van der Waals surface area contributed by atoms with Crippen molar-refractivity contribution in [3.05, 3.63) is 18.2 Å². The molecule has 11 heavy (non-hydrogen) atoms. The summed E-state index contributed by atoms with van der Waals surface area (Å²) in [6.07, 6.45) is -2.49. The smallest absolute Gasteiger partial charge is 0.337 e. The molecule has 0 amide bonds. The van der Waals surface area contributed by atoms with Crippen molar-refractivity contribution in [1.82, 2.24) is 9.55 Å². The van der Waals surface area contributed by atoms with Crippen LogP contribution in [0.4, 0.5) is 13.2 Å². The second-order valence-electron chi connectivity index (χ2n) is 2.29. The van der Waals surface area contributed by atoms with Crippen LogP contribution in [-0.2, 0) is 13.5 Å². The zero-order valence-corrected chi connectivity index (χ0v) is 5.89. The van der Waals surface area contributed by atoms with Gasteiger partial charge in [0.15, 0.2) is 0 Å². The molecule has 62 valence electrons. The largest absolute Gasteiger partial charge is 0.394 e. The molecule has 5 heteroatoms. The van der Waals surface area contributed by atoms with Crippen molar-refractivity contribution in [1.29, 1.82) is 0 Å². The maximum atomic E-state index is 11.8. The number of nitrogens with zero attached hydrogens (tertiary/aromatic N) is 2. The quantitative estimate of drug-likeness (QED) is 0.615. The van der Waals surface area contributed by atoms with Gasteiger partial charge in [-0.05, 0) is 0 Å².